The molecule has 0 aliphatic rings. The van der Waals surface area contributed by atoms with Gasteiger partial charge in [-0.15, -0.1) is 0 Å². The number of H-pyrrole nitrogens is 1. The van der Waals surface area contributed by atoms with E-state index in [0.717, 1.165) is 5.56 Å². The van der Waals surface area contributed by atoms with Gasteiger partial charge in [0.15, 0.2) is 9.84 Å². The number of carbonyl (C=O) groups excluding carboxylic acids is 1. The molecule has 130 valence electrons. The van der Waals surface area contributed by atoms with Crippen molar-refractivity contribution >= 4 is 15.7 Å². The number of aromatic amines is 1. The van der Waals surface area contributed by atoms with E-state index in [0.29, 0.717) is 11.4 Å². The number of hydrogen-bond donors (Lipinski definition) is 2. The van der Waals surface area contributed by atoms with Crippen LogP contribution in [-0.4, -0.2) is 49.2 Å². The molecule has 0 saturated carbocycles. The maximum atomic E-state index is 12.1. The van der Waals surface area contributed by atoms with Gasteiger partial charge in [0.05, 0.1) is 23.8 Å². The van der Waals surface area contributed by atoms with Crippen LogP contribution in [0.3, 0.4) is 0 Å². The molecule has 7 nitrogen and oxygen atoms in total. The normalized spacial score (nSPS) is 11.5. The topological polar surface area (TPSA) is 101 Å². The number of para-hydroxylation sites is 1. The number of ether oxygens (including phenoxy) is 1. The van der Waals surface area contributed by atoms with Gasteiger partial charge in [-0.25, -0.2) is 8.42 Å². The van der Waals surface area contributed by atoms with Crippen molar-refractivity contribution in [3.8, 4) is 17.0 Å². The predicted octanol–water partition coefficient (Wildman–Crippen LogP) is 1.64. The number of nitrogens with zero attached hydrogens (tertiary/aromatic N) is 1. The summed E-state index contributed by atoms with van der Waals surface area (Å²) in [6.07, 6.45) is 0. The zero-order chi connectivity index (χ0) is 17.7. The first-order valence-electron chi connectivity index (χ1n) is 7.53. The summed E-state index contributed by atoms with van der Waals surface area (Å²) in [5, 5.41) is 8.90. The van der Waals surface area contributed by atoms with Crippen LogP contribution in [-0.2, 0) is 9.84 Å². The molecule has 0 aliphatic carbocycles. The Kier molecular flexibility index (Phi) is 5.61. The van der Waals surface area contributed by atoms with E-state index in [2.05, 4.69) is 15.5 Å². The van der Waals surface area contributed by atoms with E-state index in [4.69, 9.17) is 4.74 Å². The van der Waals surface area contributed by atoms with Crippen LogP contribution in [0.15, 0.2) is 30.3 Å². The van der Waals surface area contributed by atoms with Crippen molar-refractivity contribution in [3.05, 3.63) is 36.0 Å². The predicted molar refractivity (Wildman–Crippen MR) is 91.8 cm³/mol. The number of amides is 1. The van der Waals surface area contributed by atoms with Crippen molar-refractivity contribution < 1.29 is 17.9 Å². The number of benzene rings is 1. The van der Waals surface area contributed by atoms with Crippen LogP contribution < -0.4 is 10.1 Å². The molecule has 2 N–H and O–H groups in total. The third kappa shape index (κ3) is 4.14. The van der Waals surface area contributed by atoms with E-state index in [9.17, 15) is 13.2 Å². The van der Waals surface area contributed by atoms with Gasteiger partial charge in [0, 0.05) is 12.1 Å². The number of rotatable bonds is 7. The fourth-order valence-electron chi connectivity index (χ4n) is 2.07. The minimum Gasteiger partial charge on any atom is -0.496 e. The summed E-state index contributed by atoms with van der Waals surface area (Å²) in [6.45, 7) is 3.29. The lowest BCUT2D eigenvalue weighted by atomic mass is 10.1. The lowest BCUT2D eigenvalue weighted by Gasteiger charge is -2.08. The molecule has 0 unspecified atom stereocenters. The number of sulfone groups is 1. The molecule has 8 heteroatoms. The fourth-order valence-corrected chi connectivity index (χ4v) is 2.93. The van der Waals surface area contributed by atoms with Gasteiger partial charge in [-0.2, -0.15) is 5.10 Å². The van der Waals surface area contributed by atoms with Crippen molar-refractivity contribution in [2.24, 2.45) is 0 Å². The molecule has 1 heterocycles. The molecule has 1 aromatic carbocycles. The number of aromatic nitrogens is 2. The van der Waals surface area contributed by atoms with Gasteiger partial charge < -0.3 is 10.1 Å². The van der Waals surface area contributed by atoms with E-state index in [1.54, 1.807) is 33.1 Å². The zero-order valence-electron chi connectivity index (χ0n) is 13.9. The van der Waals surface area contributed by atoms with Crippen LogP contribution in [0.4, 0.5) is 0 Å². The molecule has 0 aliphatic heterocycles. The second-order valence-electron chi connectivity index (χ2n) is 5.54. The number of nitrogens with one attached hydrogen (secondary N) is 2. The first-order chi connectivity index (χ1) is 11.3. The second kappa shape index (κ2) is 7.48. The maximum Gasteiger partial charge on any atom is 0.269 e. The summed E-state index contributed by atoms with van der Waals surface area (Å²) in [6, 6.07) is 8.94. The Morgan fingerprint density at radius 3 is 2.71 bits per heavy atom. The third-order valence-electron chi connectivity index (χ3n) is 3.60. The van der Waals surface area contributed by atoms with Crippen molar-refractivity contribution in [1.82, 2.24) is 15.5 Å². The maximum absolute atomic E-state index is 12.1. The summed E-state index contributed by atoms with van der Waals surface area (Å²) in [5.41, 5.74) is 1.60. The molecular weight excluding hydrogens is 330 g/mol. The molecule has 0 spiro atoms. The second-order valence-corrected chi connectivity index (χ2v) is 8.22. The Labute approximate surface area is 141 Å². The summed E-state index contributed by atoms with van der Waals surface area (Å²) >= 11 is 0. The quantitative estimate of drug-likeness (QED) is 0.790. The standard InChI is InChI=1S/C16H21N3O4S/c1-11(2)24(21,22)9-8-17-16(20)14-10-13(18-19-14)12-6-4-5-7-15(12)23-3/h4-7,10-11H,8-9H2,1-3H3,(H,17,20)(H,18,19). The minimum absolute atomic E-state index is 0.0579. The molecular formula is C16H21N3O4S. The van der Waals surface area contributed by atoms with Crippen LogP contribution in [0.5, 0.6) is 5.75 Å². The van der Waals surface area contributed by atoms with E-state index in [-0.39, 0.29) is 18.0 Å². The Bertz CT molecular complexity index is 812. The number of methoxy groups -OCH3 is 1. The highest BCUT2D eigenvalue weighted by Crippen LogP contribution is 2.28. The van der Waals surface area contributed by atoms with Gasteiger partial charge in [0.2, 0.25) is 0 Å². The molecule has 0 radical (unpaired) electrons. The van der Waals surface area contributed by atoms with Gasteiger partial charge in [0.25, 0.3) is 5.91 Å². The van der Waals surface area contributed by atoms with E-state index >= 15 is 0 Å². The average molecular weight is 351 g/mol. The van der Waals surface area contributed by atoms with E-state index < -0.39 is 21.0 Å². The molecule has 0 atom stereocenters. The largest absolute Gasteiger partial charge is 0.496 e. The number of hydrogen-bond acceptors (Lipinski definition) is 5. The lowest BCUT2D eigenvalue weighted by Crippen LogP contribution is -2.31. The molecule has 24 heavy (non-hydrogen) atoms. The van der Waals surface area contributed by atoms with Crippen molar-refractivity contribution in [2.45, 2.75) is 19.1 Å². The smallest absolute Gasteiger partial charge is 0.269 e. The van der Waals surface area contributed by atoms with Crippen molar-refractivity contribution in [2.75, 3.05) is 19.4 Å². The number of carbonyl (C=O) groups is 1. The Hall–Kier alpha value is -2.35. The van der Waals surface area contributed by atoms with Gasteiger partial charge in [0.1, 0.15) is 11.4 Å². The van der Waals surface area contributed by atoms with Crippen LogP contribution >= 0.6 is 0 Å². The summed E-state index contributed by atoms with van der Waals surface area (Å²) in [5.74, 6) is 0.158. The molecule has 2 aromatic rings. The van der Waals surface area contributed by atoms with Crippen LogP contribution in [0.2, 0.25) is 0 Å². The van der Waals surface area contributed by atoms with E-state index in [1.807, 2.05) is 18.2 Å². The van der Waals surface area contributed by atoms with Crippen LogP contribution in [0.25, 0.3) is 11.3 Å². The Morgan fingerprint density at radius 1 is 1.33 bits per heavy atom. The van der Waals surface area contributed by atoms with Crippen LogP contribution in [0.1, 0.15) is 24.3 Å². The molecule has 0 bridgehead atoms. The lowest BCUT2D eigenvalue weighted by molar-refractivity contribution is 0.0951. The first kappa shape index (κ1) is 18.0. The summed E-state index contributed by atoms with van der Waals surface area (Å²) in [4.78, 5) is 12.1. The highest BCUT2D eigenvalue weighted by Gasteiger charge is 2.17. The molecule has 2 rings (SSSR count). The monoisotopic (exact) mass is 351 g/mol. The molecule has 0 saturated heterocycles. The molecule has 0 fully saturated rings. The van der Waals surface area contributed by atoms with Gasteiger partial charge >= 0.3 is 0 Å². The minimum atomic E-state index is -3.18. The average Bonchev–Trinajstić information content (AvgIpc) is 3.04. The summed E-state index contributed by atoms with van der Waals surface area (Å²) < 4.78 is 28.7. The van der Waals surface area contributed by atoms with Gasteiger partial charge in [-0.1, -0.05) is 12.1 Å². The highest BCUT2D eigenvalue weighted by atomic mass is 32.2. The molecule has 1 aromatic heterocycles. The SMILES string of the molecule is COc1ccccc1-c1cc(C(=O)NCCS(=O)(=O)C(C)C)[nH]n1. The van der Waals surface area contributed by atoms with Gasteiger partial charge in [-0.05, 0) is 32.0 Å². The molecule has 1 amide bonds. The zero-order valence-corrected chi connectivity index (χ0v) is 14.7. The van der Waals surface area contributed by atoms with Crippen molar-refractivity contribution in [1.29, 1.82) is 0 Å². The van der Waals surface area contributed by atoms with E-state index in [1.165, 1.54) is 0 Å². The Morgan fingerprint density at radius 2 is 2.04 bits per heavy atom. The fraction of sp³-hybridized carbons (Fsp3) is 0.375. The Balaban J connectivity index is 2.04. The first-order valence-corrected chi connectivity index (χ1v) is 9.25. The highest BCUT2D eigenvalue weighted by molar-refractivity contribution is 7.92. The third-order valence-corrected chi connectivity index (χ3v) is 5.81. The van der Waals surface area contributed by atoms with Crippen molar-refractivity contribution in [3.63, 3.8) is 0 Å². The van der Waals surface area contributed by atoms with Gasteiger partial charge in [-0.3, -0.25) is 9.89 Å². The summed E-state index contributed by atoms with van der Waals surface area (Å²) in [7, 11) is -1.62. The van der Waals surface area contributed by atoms with Crippen LogP contribution in [0, 0.1) is 0 Å².